The highest BCUT2D eigenvalue weighted by Gasteiger charge is 2.30. The summed E-state index contributed by atoms with van der Waals surface area (Å²) in [5, 5.41) is 18.4. The van der Waals surface area contributed by atoms with Gasteiger partial charge in [-0.05, 0) is 47.0 Å². The summed E-state index contributed by atoms with van der Waals surface area (Å²) in [7, 11) is 0. The van der Waals surface area contributed by atoms with Crippen LogP contribution in [0.3, 0.4) is 0 Å². The molecular weight excluding hydrogens is 378 g/mol. The largest absolute Gasteiger partial charge is 0.481 e. The van der Waals surface area contributed by atoms with Gasteiger partial charge in [-0.3, -0.25) is 9.36 Å². The molecule has 1 saturated carbocycles. The number of aliphatic carboxylic acids is 1. The number of nitrogens with zero attached hydrogens (tertiary/aromatic N) is 3. The molecule has 0 aliphatic heterocycles. The van der Waals surface area contributed by atoms with Crippen molar-refractivity contribution in [3.8, 4) is 11.4 Å². The monoisotopic (exact) mass is 387 g/mol. The first-order valence-corrected chi connectivity index (χ1v) is 8.47. The zero-order chi connectivity index (χ0) is 15.0. The molecule has 8 heteroatoms. The van der Waals surface area contributed by atoms with E-state index in [2.05, 4.69) is 26.1 Å². The van der Waals surface area contributed by atoms with Crippen LogP contribution >= 0.6 is 39.3 Å². The van der Waals surface area contributed by atoms with E-state index in [4.69, 9.17) is 16.7 Å². The molecule has 1 aliphatic rings. The van der Waals surface area contributed by atoms with Crippen LogP contribution in [-0.2, 0) is 4.79 Å². The summed E-state index contributed by atoms with van der Waals surface area (Å²) in [6.45, 7) is 0. The van der Waals surface area contributed by atoms with E-state index in [1.54, 1.807) is 0 Å². The van der Waals surface area contributed by atoms with Gasteiger partial charge in [-0.1, -0.05) is 23.4 Å². The molecule has 1 N–H and O–H groups in total. The molecule has 1 aromatic carbocycles. The summed E-state index contributed by atoms with van der Waals surface area (Å²) < 4.78 is 2.85. The van der Waals surface area contributed by atoms with Gasteiger partial charge >= 0.3 is 5.97 Å². The highest BCUT2D eigenvalue weighted by molar-refractivity contribution is 9.10. The first-order valence-electron chi connectivity index (χ1n) is 6.31. The first-order chi connectivity index (χ1) is 10.1. The van der Waals surface area contributed by atoms with Crippen LogP contribution in [0.1, 0.15) is 18.9 Å². The topological polar surface area (TPSA) is 68.0 Å². The van der Waals surface area contributed by atoms with E-state index in [1.807, 2.05) is 22.8 Å². The molecule has 0 bridgehead atoms. The fourth-order valence-corrected chi connectivity index (χ4v) is 3.15. The van der Waals surface area contributed by atoms with Crippen LogP contribution in [-0.4, -0.2) is 31.6 Å². The Hall–Kier alpha value is -1.05. The average molecular weight is 389 g/mol. The lowest BCUT2D eigenvalue weighted by Gasteiger charge is -2.08. The molecule has 0 radical (unpaired) electrons. The Morgan fingerprint density at radius 2 is 2.24 bits per heavy atom. The fraction of sp³-hybridized carbons (Fsp3) is 0.308. The second-order valence-corrected chi connectivity index (χ2v) is 6.92. The van der Waals surface area contributed by atoms with Gasteiger partial charge < -0.3 is 5.11 Å². The number of carbonyl (C=O) groups is 1. The summed E-state index contributed by atoms with van der Waals surface area (Å²) in [6.07, 6.45) is 2.13. The minimum absolute atomic E-state index is 0.0219. The fourth-order valence-electron chi connectivity index (χ4n) is 2.00. The maximum atomic E-state index is 10.7. The molecule has 110 valence electrons. The normalized spacial score (nSPS) is 14.4. The van der Waals surface area contributed by atoms with Gasteiger partial charge in [0.15, 0.2) is 11.0 Å². The van der Waals surface area contributed by atoms with Crippen molar-refractivity contribution in [2.75, 3.05) is 5.75 Å². The van der Waals surface area contributed by atoms with Gasteiger partial charge in [0.2, 0.25) is 0 Å². The molecule has 1 aliphatic carbocycles. The van der Waals surface area contributed by atoms with Gasteiger partial charge in [-0.25, -0.2) is 0 Å². The Morgan fingerprint density at radius 3 is 2.86 bits per heavy atom. The smallest absolute Gasteiger partial charge is 0.313 e. The number of aromatic nitrogens is 3. The van der Waals surface area contributed by atoms with Crippen LogP contribution in [0.25, 0.3) is 11.4 Å². The van der Waals surface area contributed by atoms with E-state index < -0.39 is 5.97 Å². The second kappa shape index (κ2) is 5.98. The molecule has 0 unspecified atom stereocenters. The molecule has 1 fully saturated rings. The van der Waals surface area contributed by atoms with Crippen LogP contribution in [0, 0.1) is 0 Å². The summed E-state index contributed by atoms with van der Waals surface area (Å²) in [4.78, 5) is 10.7. The van der Waals surface area contributed by atoms with Gasteiger partial charge in [0.05, 0.1) is 10.8 Å². The summed E-state index contributed by atoms with van der Waals surface area (Å²) in [6, 6.07) is 5.98. The lowest BCUT2D eigenvalue weighted by atomic mass is 10.2. The maximum Gasteiger partial charge on any atom is 0.313 e. The van der Waals surface area contributed by atoms with Crippen LogP contribution in [0.2, 0.25) is 5.02 Å². The van der Waals surface area contributed by atoms with Crippen molar-refractivity contribution in [3.63, 3.8) is 0 Å². The van der Waals surface area contributed by atoms with Gasteiger partial charge in [-0.2, -0.15) is 0 Å². The Morgan fingerprint density at radius 1 is 1.48 bits per heavy atom. The molecular formula is C13H11BrClN3O2S. The third-order valence-electron chi connectivity index (χ3n) is 3.08. The number of carboxylic acid groups (broad SMARTS) is 1. The quantitative estimate of drug-likeness (QED) is 0.787. The lowest BCUT2D eigenvalue weighted by molar-refractivity contribution is -0.133. The van der Waals surface area contributed by atoms with Crippen molar-refractivity contribution in [3.05, 3.63) is 27.7 Å². The van der Waals surface area contributed by atoms with Gasteiger partial charge in [-0.15, -0.1) is 10.2 Å². The Balaban J connectivity index is 1.98. The highest BCUT2D eigenvalue weighted by Crippen LogP contribution is 2.41. The minimum atomic E-state index is -0.862. The molecule has 0 amide bonds. The molecule has 0 spiro atoms. The van der Waals surface area contributed by atoms with E-state index in [1.165, 1.54) is 11.8 Å². The van der Waals surface area contributed by atoms with Gasteiger partial charge in [0.25, 0.3) is 0 Å². The molecule has 1 aromatic heterocycles. The standard InChI is InChI=1S/C13H11BrClN3O2S/c14-9-4-1-7(5-10(9)15)12-16-17-13(21-6-11(19)20)18(12)8-2-3-8/h1,4-5,8H,2-3,6H2,(H,19,20). The van der Waals surface area contributed by atoms with Crippen molar-refractivity contribution < 1.29 is 9.90 Å². The summed E-state index contributed by atoms with van der Waals surface area (Å²) in [5.74, 6) is -0.148. The van der Waals surface area contributed by atoms with Crippen molar-refractivity contribution in [2.24, 2.45) is 0 Å². The molecule has 2 aromatic rings. The number of hydrogen-bond acceptors (Lipinski definition) is 4. The predicted molar refractivity (Wildman–Crippen MR) is 84.8 cm³/mol. The molecule has 21 heavy (non-hydrogen) atoms. The predicted octanol–water partition coefficient (Wildman–Crippen LogP) is 3.87. The Kier molecular flexibility index (Phi) is 4.24. The SMILES string of the molecule is O=C(O)CSc1nnc(-c2ccc(Br)c(Cl)c2)n1C1CC1. The highest BCUT2D eigenvalue weighted by atomic mass is 79.9. The second-order valence-electron chi connectivity index (χ2n) is 4.72. The Labute approximate surface area is 138 Å². The molecule has 0 saturated heterocycles. The number of thioether (sulfide) groups is 1. The van der Waals surface area contributed by atoms with Gasteiger partial charge in [0.1, 0.15) is 0 Å². The van der Waals surface area contributed by atoms with E-state index >= 15 is 0 Å². The average Bonchev–Trinajstić information content (AvgIpc) is 3.19. The van der Waals surface area contributed by atoms with E-state index in [0.717, 1.165) is 28.7 Å². The number of rotatable bonds is 5. The van der Waals surface area contributed by atoms with Crippen molar-refractivity contribution in [1.29, 1.82) is 0 Å². The first kappa shape index (κ1) is 14.9. The van der Waals surface area contributed by atoms with E-state index in [-0.39, 0.29) is 5.75 Å². The maximum absolute atomic E-state index is 10.7. The van der Waals surface area contributed by atoms with E-state index in [0.29, 0.717) is 16.2 Å². The van der Waals surface area contributed by atoms with Gasteiger partial charge in [0, 0.05) is 16.1 Å². The third kappa shape index (κ3) is 3.25. The number of benzene rings is 1. The molecule has 5 nitrogen and oxygen atoms in total. The van der Waals surface area contributed by atoms with Crippen LogP contribution in [0.15, 0.2) is 27.8 Å². The zero-order valence-electron chi connectivity index (χ0n) is 10.8. The van der Waals surface area contributed by atoms with Crippen LogP contribution < -0.4 is 0 Å². The van der Waals surface area contributed by atoms with Crippen molar-refractivity contribution in [1.82, 2.24) is 14.8 Å². The summed E-state index contributed by atoms with van der Waals surface area (Å²) >= 11 is 10.7. The number of carboxylic acids is 1. The third-order valence-corrected chi connectivity index (χ3v) is 5.24. The summed E-state index contributed by atoms with van der Waals surface area (Å²) in [5.41, 5.74) is 0.879. The van der Waals surface area contributed by atoms with Crippen LogP contribution in [0.5, 0.6) is 0 Å². The van der Waals surface area contributed by atoms with Crippen LogP contribution in [0.4, 0.5) is 0 Å². The van der Waals surface area contributed by atoms with E-state index in [9.17, 15) is 4.79 Å². The van der Waals surface area contributed by atoms with Crippen molar-refractivity contribution in [2.45, 2.75) is 24.0 Å². The number of hydrogen-bond donors (Lipinski definition) is 1. The molecule has 3 rings (SSSR count). The minimum Gasteiger partial charge on any atom is -0.481 e. The molecule has 0 atom stereocenters. The van der Waals surface area contributed by atoms with Crippen molar-refractivity contribution >= 4 is 45.3 Å². The molecule has 1 heterocycles. The zero-order valence-corrected chi connectivity index (χ0v) is 14.0. The Bertz CT molecular complexity index is 703. The lowest BCUT2D eigenvalue weighted by Crippen LogP contribution is -2.03. The number of halogens is 2.